The van der Waals surface area contributed by atoms with Gasteiger partial charge in [0.15, 0.2) is 11.5 Å². The molecule has 2 heterocycles. The molecule has 1 atom stereocenters. The van der Waals surface area contributed by atoms with Crippen LogP contribution in [-0.4, -0.2) is 70.0 Å². The fourth-order valence-corrected chi connectivity index (χ4v) is 5.20. The molecule has 0 spiro atoms. The van der Waals surface area contributed by atoms with Crippen LogP contribution in [0, 0.1) is 5.92 Å². The Kier molecular flexibility index (Phi) is 7.55. The third kappa shape index (κ3) is 4.53. The van der Waals surface area contributed by atoms with E-state index in [0.717, 1.165) is 6.42 Å². The largest absolute Gasteiger partial charge is 0.493 e. The zero-order valence-corrected chi connectivity index (χ0v) is 17.8. The van der Waals surface area contributed by atoms with Crippen LogP contribution in [0.15, 0.2) is 23.1 Å². The van der Waals surface area contributed by atoms with Gasteiger partial charge in [0.1, 0.15) is 0 Å². The van der Waals surface area contributed by atoms with Crippen molar-refractivity contribution in [3.8, 4) is 11.5 Å². The molecule has 1 aromatic carbocycles. The highest BCUT2D eigenvalue weighted by atomic mass is 35.5. The molecule has 2 saturated heterocycles. The van der Waals surface area contributed by atoms with Crippen molar-refractivity contribution in [1.82, 2.24) is 9.21 Å². The van der Waals surface area contributed by atoms with Crippen molar-refractivity contribution in [2.24, 2.45) is 11.7 Å². The summed E-state index contributed by atoms with van der Waals surface area (Å²) in [6, 6.07) is 4.62. The molecule has 3 rings (SSSR count). The second kappa shape index (κ2) is 9.30. The minimum Gasteiger partial charge on any atom is -0.493 e. The lowest BCUT2D eigenvalue weighted by Crippen LogP contribution is -2.44. The van der Waals surface area contributed by atoms with E-state index in [9.17, 15) is 13.2 Å². The van der Waals surface area contributed by atoms with Gasteiger partial charge in [-0.3, -0.25) is 4.79 Å². The van der Waals surface area contributed by atoms with E-state index in [1.54, 1.807) is 6.07 Å². The van der Waals surface area contributed by atoms with Crippen molar-refractivity contribution in [2.75, 3.05) is 40.4 Å². The lowest BCUT2D eigenvalue weighted by Gasteiger charge is -2.32. The Hall–Kier alpha value is -1.55. The van der Waals surface area contributed by atoms with Crippen LogP contribution in [0.3, 0.4) is 0 Å². The summed E-state index contributed by atoms with van der Waals surface area (Å²) in [7, 11) is -0.675. The first-order valence-corrected chi connectivity index (χ1v) is 10.6. The lowest BCUT2D eigenvalue weighted by molar-refractivity contribution is -0.135. The number of piperidine rings is 1. The number of methoxy groups -OCH3 is 2. The van der Waals surface area contributed by atoms with E-state index in [1.807, 2.05) is 4.90 Å². The highest BCUT2D eigenvalue weighted by molar-refractivity contribution is 7.89. The van der Waals surface area contributed by atoms with E-state index in [2.05, 4.69) is 0 Å². The minimum atomic E-state index is -3.64. The molecule has 2 fully saturated rings. The molecule has 1 aromatic rings. The van der Waals surface area contributed by atoms with Gasteiger partial charge in [0.05, 0.1) is 19.1 Å². The number of carbonyl (C=O) groups is 1. The zero-order chi connectivity index (χ0) is 19.6. The first-order chi connectivity index (χ1) is 12.9. The number of amides is 1. The molecule has 10 heteroatoms. The first kappa shape index (κ1) is 22.7. The van der Waals surface area contributed by atoms with Gasteiger partial charge in [-0.15, -0.1) is 12.4 Å². The number of hydrogen-bond acceptors (Lipinski definition) is 6. The molecule has 158 valence electrons. The van der Waals surface area contributed by atoms with Gasteiger partial charge in [-0.2, -0.15) is 4.31 Å². The van der Waals surface area contributed by atoms with Crippen molar-refractivity contribution in [3.05, 3.63) is 18.2 Å². The predicted octanol–water partition coefficient (Wildman–Crippen LogP) is 1.09. The van der Waals surface area contributed by atoms with Crippen LogP contribution in [0.4, 0.5) is 0 Å². The smallest absolute Gasteiger partial charge is 0.243 e. The van der Waals surface area contributed by atoms with E-state index in [-0.39, 0.29) is 35.2 Å². The monoisotopic (exact) mass is 433 g/mol. The number of nitrogens with two attached hydrogens (primary N) is 1. The zero-order valence-electron chi connectivity index (χ0n) is 16.2. The number of hydrogen-bond donors (Lipinski definition) is 1. The number of nitrogens with zero attached hydrogens (tertiary/aromatic N) is 2. The fourth-order valence-electron chi connectivity index (χ4n) is 3.71. The number of rotatable bonds is 5. The topological polar surface area (TPSA) is 102 Å². The number of benzene rings is 1. The standard InChI is InChI=1S/C18H27N3O5S.ClH/c1-25-16-4-3-15(11-17(16)26-2)27(23,24)21-9-5-13(6-10-21)18(22)20-8-7-14(19)12-20;/h3-4,11,13-14H,5-10,12,19H2,1-2H3;1H/t14-;/m1./s1. The Balaban J connectivity index is 0.00000280. The summed E-state index contributed by atoms with van der Waals surface area (Å²) in [6.45, 7) is 1.95. The molecule has 0 aliphatic carbocycles. The van der Waals surface area contributed by atoms with Crippen LogP contribution >= 0.6 is 12.4 Å². The van der Waals surface area contributed by atoms with Crippen LogP contribution in [-0.2, 0) is 14.8 Å². The number of likely N-dealkylation sites (tertiary alicyclic amines) is 1. The van der Waals surface area contributed by atoms with E-state index in [4.69, 9.17) is 15.2 Å². The van der Waals surface area contributed by atoms with Gasteiger partial charge in [-0.1, -0.05) is 0 Å². The van der Waals surface area contributed by atoms with Crippen molar-refractivity contribution >= 4 is 28.3 Å². The van der Waals surface area contributed by atoms with Gasteiger partial charge in [-0.25, -0.2) is 8.42 Å². The molecule has 1 amide bonds. The third-order valence-electron chi connectivity index (χ3n) is 5.33. The quantitative estimate of drug-likeness (QED) is 0.745. The average molecular weight is 434 g/mol. The molecule has 0 unspecified atom stereocenters. The summed E-state index contributed by atoms with van der Waals surface area (Å²) in [4.78, 5) is 14.6. The summed E-state index contributed by atoms with van der Waals surface area (Å²) >= 11 is 0. The highest BCUT2D eigenvalue weighted by Crippen LogP contribution is 2.32. The van der Waals surface area contributed by atoms with E-state index >= 15 is 0 Å². The van der Waals surface area contributed by atoms with Crippen LogP contribution in [0.1, 0.15) is 19.3 Å². The second-order valence-corrected chi connectivity index (χ2v) is 8.97. The summed E-state index contributed by atoms with van der Waals surface area (Å²) in [5, 5.41) is 0. The maximum Gasteiger partial charge on any atom is 0.243 e. The summed E-state index contributed by atoms with van der Waals surface area (Å²) in [5.41, 5.74) is 5.88. The van der Waals surface area contributed by atoms with Crippen LogP contribution < -0.4 is 15.2 Å². The number of ether oxygens (including phenoxy) is 2. The van der Waals surface area contributed by atoms with Crippen molar-refractivity contribution in [2.45, 2.75) is 30.2 Å². The van der Waals surface area contributed by atoms with Gasteiger partial charge >= 0.3 is 0 Å². The normalized spacial score (nSPS) is 21.2. The van der Waals surface area contributed by atoms with Gasteiger partial charge in [-0.05, 0) is 31.4 Å². The number of sulfonamides is 1. The third-order valence-corrected chi connectivity index (χ3v) is 7.23. The van der Waals surface area contributed by atoms with E-state index in [1.165, 1.54) is 30.7 Å². The maximum atomic E-state index is 12.9. The molecule has 8 nitrogen and oxygen atoms in total. The first-order valence-electron chi connectivity index (χ1n) is 9.13. The van der Waals surface area contributed by atoms with Gasteiger partial charge in [0.25, 0.3) is 0 Å². The van der Waals surface area contributed by atoms with Crippen molar-refractivity contribution in [3.63, 3.8) is 0 Å². The van der Waals surface area contributed by atoms with Crippen LogP contribution in [0.2, 0.25) is 0 Å². The van der Waals surface area contributed by atoms with Crippen molar-refractivity contribution < 1.29 is 22.7 Å². The van der Waals surface area contributed by atoms with E-state index in [0.29, 0.717) is 50.5 Å². The van der Waals surface area contributed by atoms with Crippen LogP contribution in [0.5, 0.6) is 11.5 Å². The Labute approximate surface area is 172 Å². The van der Waals surface area contributed by atoms with Crippen molar-refractivity contribution in [1.29, 1.82) is 0 Å². The molecular weight excluding hydrogens is 406 g/mol. The molecule has 2 aliphatic heterocycles. The second-order valence-electron chi connectivity index (χ2n) is 7.03. The van der Waals surface area contributed by atoms with Gasteiger partial charge in [0.2, 0.25) is 15.9 Å². The Bertz CT molecular complexity index is 796. The molecule has 0 aromatic heterocycles. The predicted molar refractivity (Wildman–Crippen MR) is 107 cm³/mol. The molecule has 0 bridgehead atoms. The minimum absolute atomic E-state index is 0. The molecule has 2 aliphatic rings. The number of halogens is 1. The maximum absolute atomic E-state index is 12.9. The van der Waals surface area contributed by atoms with Crippen LogP contribution in [0.25, 0.3) is 0 Å². The average Bonchev–Trinajstić information content (AvgIpc) is 3.13. The Morgan fingerprint density at radius 3 is 2.25 bits per heavy atom. The molecule has 0 saturated carbocycles. The number of carbonyl (C=O) groups excluding carboxylic acids is 1. The van der Waals surface area contributed by atoms with Gasteiger partial charge in [0, 0.05) is 44.2 Å². The summed E-state index contributed by atoms with van der Waals surface area (Å²) in [5.74, 6) is 0.817. The molecule has 0 radical (unpaired) electrons. The van der Waals surface area contributed by atoms with Gasteiger partial charge < -0.3 is 20.1 Å². The van der Waals surface area contributed by atoms with E-state index < -0.39 is 10.0 Å². The highest BCUT2D eigenvalue weighted by Gasteiger charge is 2.35. The Morgan fingerprint density at radius 1 is 1.07 bits per heavy atom. The lowest BCUT2D eigenvalue weighted by atomic mass is 9.97. The summed E-state index contributed by atoms with van der Waals surface area (Å²) in [6.07, 6.45) is 1.88. The Morgan fingerprint density at radius 2 is 1.71 bits per heavy atom. The molecule has 2 N–H and O–H groups in total. The fraction of sp³-hybridized carbons (Fsp3) is 0.611. The molecular formula is C18H28ClN3O5S. The summed E-state index contributed by atoms with van der Waals surface area (Å²) < 4.78 is 37.7. The molecule has 28 heavy (non-hydrogen) atoms. The SMILES string of the molecule is COc1ccc(S(=O)(=O)N2CCC(C(=O)N3CC[C@@H](N)C3)CC2)cc1OC.Cl.